The van der Waals surface area contributed by atoms with E-state index in [1.165, 1.54) is 24.2 Å². The molecule has 0 saturated heterocycles. The summed E-state index contributed by atoms with van der Waals surface area (Å²) in [5.74, 6) is 7.31. The van der Waals surface area contributed by atoms with E-state index >= 15 is 0 Å². The Kier molecular flexibility index (Phi) is 10.8. The molecule has 4 aromatic rings. The van der Waals surface area contributed by atoms with E-state index in [1.54, 1.807) is 19.5 Å². The van der Waals surface area contributed by atoms with E-state index in [0.717, 1.165) is 44.1 Å². The van der Waals surface area contributed by atoms with Crippen LogP contribution < -0.4 is 10.5 Å². The number of carbonyl (C=O) groups excluding carboxylic acids is 2. The summed E-state index contributed by atoms with van der Waals surface area (Å²) < 4.78 is 5.61. The van der Waals surface area contributed by atoms with Gasteiger partial charge in [-0.2, -0.15) is 0 Å². The van der Waals surface area contributed by atoms with Crippen LogP contribution in [0.1, 0.15) is 42.6 Å². The van der Waals surface area contributed by atoms with Crippen LogP contribution in [0.15, 0.2) is 36.7 Å². The number of hydrogen-bond donors (Lipinski definition) is 1. The van der Waals surface area contributed by atoms with Crippen molar-refractivity contribution in [1.29, 1.82) is 0 Å². The van der Waals surface area contributed by atoms with Gasteiger partial charge in [0.05, 0.1) is 19.5 Å². The van der Waals surface area contributed by atoms with Crippen LogP contribution in [0.4, 0.5) is 0 Å². The summed E-state index contributed by atoms with van der Waals surface area (Å²) in [5, 5.41) is 0.800. The van der Waals surface area contributed by atoms with Crippen molar-refractivity contribution in [3.8, 4) is 39.3 Å². The minimum Gasteiger partial charge on any atom is -0.494 e. The highest BCUT2D eigenvalue weighted by molar-refractivity contribution is 7.21. The Morgan fingerprint density at radius 3 is 2.40 bits per heavy atom. The van der Waals surface area contributed by atoms with Gasteiger partial charge in [-0.05, 0) is 70.1 Å². The first-order valence-corrected chi connectivity index (χ1v) is 13.5. The van der Waals surface area contributed by atoms with E-state index in [0.29, 0.717) is 23.0 Å². The molecule has 1 atom stereocenters. The predicted octanol–water partition coefficient (Wildman–Crippen LogP) is 4.48. The number of nitrogens with zero attached hydrogens (tertiary/aromatic N) is 5. The second kappa shape index (κ2) is 14.3. The molecule has 208 valence electrons. The van der Waals surface area contributed by atoms with E-state index in [9.17, 15) is 4.79 Å². The second-order valence-electron chi connectivity index (χ2n) is 9.68. The summed E-state index contributed by atoms with van der Waals surface area (Å²) in [6.07, 6.45) is 6.95. The number of rotatable bonds is 5. The summed E-state index contributed by atoms with van der Waals surface area (Å²) >= 11 is 1.48. The van der Waals surface area contributed by atoms with Gasteiger partial charge in [-0.25, -0.2) is 15.0 Å². The van der Waals surface area contributed by atoms with Crippen LogP contribution in [0.3, 0.4) is 0 Å². The summed E-state index contributed by atoms with van der Waals surface area (Å²) in [6.45, 7) is 3.83. The lowest BCUT2D eigenvalue weighted by Crippen LogP contribution is -1.99. The van der Waals surface area contributed by atoms with Crippen molar-refractivity contribution < 1.29 is 14.3 Å². The number of primary amides is 1. The van der Waals surface area contributed by atoms with Gasteiger partial charge in [-0.3, -0.25) is 9.78 Å². The maximum Gasteiger partial charge on any atom is 0.204 e. The van der Waals surface area contributed by atoms with Crippen molar-refractivity contribution in [1.82, 2.24) is 24.8 Å². The van der Waals surface area contributed by atoms with Gasteiger partial charge in [0.2, 0.25) is 6.41 Å². The molecular formula is C30H34N6O3S. The van der Waals surface area contributed by atoms with Crippen molar-refractivity contribution in [2.75, 3.05) is 28.3 Å². The summed E-state index contributed by atoms with van der Waals surface area (Å²) in [4.78, 5) is 41.1. The second-order valence-corrected chi connectivity index (χ2v) is 10.7. The zero-order chi connectivity index (χ0) is 29.2. The highest BCUT2D eigenvalue weighted by Crippen LogP contribution is 2.41. The van der Waals surface area contributed by atoms with Crippen molar-refractivity contribution in [3.63, 3.8) is 0 Å². The molecule has 0 bridgehead atoms. The van der Waals surface area contributed by atoms with Crippen LogP contribution in [0.5, 0.6) is 5.75 Å². The maximum absolute atomic E-state index is 11.5. The van der Waals surface area contributed by atoms with Crippen molar-refractivity contribution in [2.45, 2.75) is 32.6 Å². The lowest BCUT2D eigenvalue weighted by molar-refractivity contribution is -0.109. The van der Waals surface area contributed by atoms with Crippen molar-refractivity contribution in [2.24, 2.45) is 11.7 Å². The van der Waals surface area contributed by atoms with E-state index in [4.69, 9.17) is 14.5 Å². The Labute approximate surface area is 238 Å². The molecule has 0 radical (unpaired) electrons. The summed E-state index contributed by atoms with van der Waals surface area (Å²) in [7, 11) is 7.63. The number of aryl methyl sites for hydroxylation is 1. The molecule has 2 N–H and O–H groups in total. The molecule has 3 aromatic heterocycles. The largest absolute Gasteiger partial charge is 0.494 e. The number of fused-ring (bicyclic) bond motifs is 1. The molecule has 0 aliphatic heterocycles. The van der Waals surface area contributed by atoms with Gasteiger partial charge in [-0.1, -0.05) is 36.3 Å². The SMILES string of the molecule is CN(C)C.COc1cnc(C)cc1-c1cc(C(C)C=O)ccc1-c1nc2ncc(C#CC3CC3)nc2s1.NC=O. The Bertz CT molecular complexity index is 1530. The smallest absolute Gasteiger partial charge is 0.204 e. The minimum absolute atomic E-state index is 0.224. The van der Waals surface area contributed by atoms with E-state index in [-0.39, 0.29) is 12.3 Å². The van der Waals surface area contributed by atoms with Crippen LogP contribution in [0.2, 0.25) is 0 Å². The topological polar surface area (TPSA) is 124 Å². The van der Waals surface area contributed by atoms with Crippen LogP contribution in [0.25, 0.3) is 32.2 Å². The fourth-order valence-corrected chi connectivity index (χ4v) is 4.49. The maximum atomic E-state index is 11.5. The fraction of sp³-hybridized carbons (Fsp3) is 0.333. The third-order valence-electron chi connectivity index (χ3n) is 5.62. The molecule has 10 heteroatoms. The molecular weight excluding hydrogens is 524 g/mol. The average molecular weight is 559 g/mol. The third-order valence-corrected chi connectivity index (χ3v) is 6.59. The molecule has 1 fully saturated rings. The van der Waals surface area contributed by atoms with Gasteiger partial charge >= 0.3 is 0 Å². The lowest BCUT2D eigenvalue weighted by Gasteiger charge is -2.15. The molecule has 1 unspecified atom stereocenters. The predicted molar refractivity (Wildman–Crippen MR) is 159 cm³/mol. The third kappa shape index (κ3) is 8.15. The summed E-state index contributed by atoms with van der Waals surface area (Å²) in [6, 6.07) is 8.00. The number of pyridine rings is 1. The Balaban J connectivity index is 0.000000569. The Hall–Kier alpha value is -4.20. The molecule has 1 aliphatic carbocycles. The van der Waals surface area contributed by atoms with Crippen molar-refractivity contribution in [3.05, 3.63) is 53.6 Å². The van der Waals surface area contributed by atoms with E-state index in [1.807, 2.05) is 64.2 Å². The molecule has 5 rings (SSSR count). The number of ether oxygens (including phenoxy) is 1. The van der Waals surface area contributed by atoms with Gasteiger partial charge in [0.1, 0.15) is 22.7 Å². The molecule has 1 amide bonds. The summed E-state index contributed by atoms with van der Waals surface area (Å²) in [5.41, 5.74) is 9.99. The van der Waals surface area contributed by atoms with Crippen molar-refractivity contribution >= 4 is 34.5 Å². The first-order chi connectivity index (χ1) is 19.2. The van der Waals surface area contributed by atoms with Crippen LogP contribution in [0, 0.1) is 24.7 Å². The molecule has 1 aromatic carbocycles. The minimum atomic E-state index is -0.224. The number of thiazole rings is 1. The average Bonchev–Trinajstić information content (AvgIpc) is 3.67. The Morgan fingerprint density at radius 2 is 1.77 bits per heavy atom. The number of carbonyl (C=O) groups is 2. The number of hydrogen-bond acceptors (Lipinski definition) is 9. The molecule has 1 saturated carbocycles. The number of aldehydes is 1. The zero-order valence-electron chi connectivity index (χ0n) is 23.6. The van der Waals surface area contributed by atoms with Crippen LogP contribution >= 0.6 is 11.3 Å². The van der Waals surface area contributed by atoms with Gasteiger partial charge in [0, 0.05) is 28.7 Å². The molecule has 3 heterocycles. The zero-order valence-corrected chi connectivity index (χ0v) is 24.5. The number of nitrogens with two attached hydrogens (primary N) is 1. The van der Waals surface area contributed by atoms with Gasteiger partial charge in [0.15, 0.2) is 10.5 Å². The first kappa shape index (κ1) is 30.3. The van der Waals surface area contributed by atoms with Gasteiger partial charge in [0.25, 0.3) is 0 Å². The number of benzene rings is 1. The quantitative estimate of drug-likeness (QED) is 0.281. The number of amides is 1. The lowest BCUT2D eigenvalue weighted by atomic mass is 9.93. The molecule has 1 aliphatic rings. The van der Waals surface area contributed by atoms with Gasteiger partial charge < -0.3 is 20.2 Å². The highest BCUT2D eigenvalue weighted by atomic mass is 32.1. The van der Waals surface area contributed by atoms with E-state index < -0.39 is 0 Å². The highest BCUT2D eigenvalue weighted by Gasteiger charge is 2.20. The molecule has 40 heavy (non-hydrogen) atoms. The number of methoxy groups -OCH3 is 1. The van der Waals surface area contributed by atoms with E-state index in [2.05, 4.69) is 32.5 Å². The molecule has 9 nitrogen and oxygen atoms in total. The Morgan fingerprint density at radius 1 is 1.07 bits per heavy atom. The first-order valence-electron chi connectivity index (χ1n) is 12.7. The van der Waals surface area contributed by atoms with Crippen LogP contribution in [-0.4, -0.2) is 65.8 Å². The van der Waals surface area contributed by atoms with Gasteiger partial charge in [-0.15, -0.1) is 0 Å². The fourth-order valence-electron chi connectivity index (χ4n) is 3.55. The monoisotopic (exact) mass is 558 g/mol. The number of aromatic nitrogens is 4. The normalized spacial score (nSPS) is 12.7. The van der Waals surface area contributed by atoms with Crippen LogP contribution in [-0.2, 0) is 9.59 Å². The standard InChI is InChI=1S/C26H22N4O2S.C3H9N.CH3NO/c1-15(14-31)18-7-9-20(21(11-18)22-10-16(2)27-13-23(22)32-3)25-30-24-26(33-25)29-19(12-28-24)8-6-17-4-5-17;1-4(2)3;2-1-3/h7,9-15,17H,4-5H2,1-3H3;1-3H3;1H,(H2,2,3). The molecule has 0 spiro atoms.